The number of aryl methyl sites for hydroxylation is 2. The molecular formula is C14H22N2O6S2. The van der Waals surface area contributed by atoms with Gasteiger partial charge in [0.15, 0.2) is 5.82 Å². The van der Waals surface area contributed by atoms with Crippen LogP contribution in [0.2, 0.25) is 0 Å². The molecule has 0 aliphatic heterocycles. The van der Waals surface area contributed by atoms with Crippen molar-refractivity contribution in [3.63, 3.8) is 0 Å². The fraction of sp³-hybridized carbons (Fsp3) is 0.500. The third kappa shape index (κ3) is 6.97. The van der Waals surface area contributed by atoms with Gasteiger partial charge in [0.25, 0.3) is 0 Å². The molecule has 8 nitrogen and oxygen atoms in total. The molecule has 10 heteroatoms. The van der Waals surface area contributed by atoms with Gasteiger partial charge >= 0.3 is 10.1 Å². The summed E-state index contributed by atoms with van der Waals surface area (Å²) in [5.74, 6) is 1.56. The van der Waals surface area contributed by atoms with Crippen LogP contribution in [0.1, 0.15) is 16.2 Å². The largest absolute Gasteiger partial charge is 0.382 e. The number of nitrogens with one attached hydrogen (secondary N) is 1. The number of anilines is 1. The second-order valence-corrected chi connectivity index (χ2v) is 7.71. The van der Waals surface area contributed by atoms with E-state index in [9.17, 15) is 8.42 Å². The molecule has 0 unspecified atom stereocenters. The van der Waals surface area contributed by atoms with Gasteiger partial charge in [0.2, 0.25) is 0 Å². The number of hydrogen-bond donors (Lipinski definition) is 2. The Hall–Kier alpha value is -1.46. The molecule has 0 aromatic carbocycles. The van der Waals surface area contributed by atoms with Crippen LogP contribution in [0.4, 0.5) is 5.82 Å². The lowest BCUT2D eigenvalue weighted by Gasteiger charge is -2.04. The molecule has 0 bridgehead atoms. The van der Waals surface area contributed by atoms with Gasteiger partial charge in [-0.3, -0.25) is 4.55 Å². The van der Waals surface area contributed by atoms with Crippen molar-refractivity contribution in [2.45, 2.75) is 25.0 Å². The maximum absolute atomic E-state index is 10.4. The first-order valence-corrected chi connectivity index (χ1v) is 9.28. The van der Waals surface area contributed by atoms with E-state index in [1.165, 1.54) is 6.07 Å². The fourth-order valence-electron chi connectivity index (χ4n) is 1.47. The molecule has 2 aromatic rings. The summed E-state index contributed by atoms with van der Waals surface area (Å²) in [5.41, 5.74) is 1.01. The van der Waals surface area contributed by atoms with Crippen LogP contribution in [0.15, 0.2) is 20.9 Å². The first-order valence-electron chi connectivity index (χ1n) is 7.03. The molecule has 2 heterocycles. The maximum atomic E-state index is 10.4. The summed E-state index contributed by atoms with van der Waals surface area (Å²) in [4.78, 5) is 0.868. The summed E-state index contributed by atoms with van der Waals surface area (Å²) in [7, 11) is -2.32. The van der Waals surface area contributed by atoms with Gasteiger partial charge in [0.05, 0.1) is 13.2 Å². The normalized spacial score (nSPS) is 11.0. The van der Waals surface area contributed by atoms with E-state index in [0.29, 0.717) is 19.9 Å². The third-order valence-corrected chi connectivity index (χ3v) is 5.22. The van der Waals surface area contributed by atoms with Crippen LogP contribution < -0.4 is 5.32 Å². The Morgan fingerprint density at radius 3 is 2.42 bits per heavy atom. The lowest BCUT2D eigenvalue weighted by molar-refractivity contribution is 0.0799. The van der Waals surface area contributed by atoms with Crippen molar-refractivity contribution in [1.29, 1.82) is 0 Å². The molecule has 0 aliphatic carbocycles. The molecule has 0 spiro atoms. The number of thiophene rings is 1. The van der Waals surface area contributed by atoms with Crippen molar-refractivity contribution in [3.05, 3.63) is 28.3 Å². The zero-order valence-corrected chi connectivity index (χ0v) is 15.7. The minimum atomic E-state index is -3.96. The summed E-state index contributed by atoms with van der Waals surface area (Å²) in [6.07, 6.45) is 0. The minimum absolute atomic E-state index is 0.00463. The summed E-state index contributed by atoms with van der Waals surface area (Å²) in [6, 6.07) is 3.03. The van der Waals surface area contributed by atoms with Gasteiger partial charge in [-0.15, -0.1) is 11.3 Å². The number of hydrogen-bond acceptors (Lipinski definition) is 8. The molecule has 0 fully saturated rings. The molecule has 0 aliphatic rings. The second-order valence-electron chi connectivity index (χ2n) is 4.77. The van der Waals surface area contributed by atoms with Gasteiger partial charge in [-0.1, -0.05) is 5.16 Å². The highest BCUT2D eigenvalue weighted by molar-refractivity contribution is 7.88. The standard InChI is InChI=1S/C9H16N2O3.C5H6O3S2/c1-7-8(2)14-11-9(7)10-6-13-5-4-12-3;1-4-2-3-5(9-4)10(6,7)8/h4-6H2,1-3H3,(H,10,11);2-3H,1H3,(H,6,7,8). The summed E-state index contributed by atoms with van der Waals surface area (Å²) >= 11 is 1.06. The molecule has 24 heavy (non-hydrogen) atoms. The molecule has 2 aromatic heterocycles. The van der Waals surface area contributed by atoms with Crippen molar-refractivity contribution in [3.8, 4) is 0 Å². The number of nitrogens with zero attached hydrogens (tertiary/aromatic N) is 1. The zero-order chi connectivity index (χ0) is 18.2. The zero-order valence-electron chi connectivity index (χ0n) is 14.0. The van der Waals surface area contributed by atoms with Gasteiger partial charge in [0.1, 0.15) is 16.7 Å². The Morgan fingerprint density at radius 1 is 1.29 bits per heavy atom. The average Bonchev–Trinajstić information content (AvgIpc) is 3.08. The van der Waals surface area contributed by atoms with E-state index >= 15 is 0 Å². The summed E-state index contributed by atoms with van der Waals surface area (Å²) in [5, 5.41) is 6.85. The quantitative estimate of drug-likeness (QED) is 0.430. The first kappa shape index (κ1) is 20.6. The number of ether oxygens (including phenoxy) is 2. The van der Waals surface area contributed by atoms with Gasteiger partial charge in [0, 0.05) is 17.6 Å². The third-order valence-electron chi connectivity index (χ3n) is 2.90. The Kier molecular flexibility index (Phi) is 8.36. The van der Waals surface area contributed by atoms with Crippen molar-refractivity contribution < 1.29 is 27.0 Å². The maximum Gasteiger partial charge on any atom is 0.304 e. The summed E-state index contributed by atoms with van der Waals surface area (Å²) < 4.78 is 44.4. The predicted molar refractivity (Wildman–Crippen MR) is 91.2 cm³/mol. The predicted octanol–water partition coefficient (Wildman–Crippen LogP) is 2.63. The SMILES string of the molecule is COCCOCNc1noc(C)c1C.Cc1ccc(S(=O)(=O)O)s1. The molecule has 0 atom stereocenters. The van der Waals surface area contributed by atoms with Crippen molar-refractivity contribution in [2.24, 2.45) is 0 Å². The highest BCUT2D eigenvalue weighted by atomic mass is 32.3. The van der Waals surface area contributed by atoms with Crippen LogP contribution in [0, 0.1) is 20.8 Å². The van der Waals surface area contributed by atoms with Crippen LogP contribution in [0.5, 0.6) is 0 Å². The fourth-order valence-corrected chi connectivity index (χ4v) is 3.11. The molecule has 136 valence electrons. The van der Waals surface area contributed by atoms with Crippen LogP contribution in [0.25, 0.3) is 0 Å². The minimum Gasteiger partial charge on any atom is -0.382 e. The first-order chi connectivity index (χ1) is 11.3. The molecule has 0 amide bonds. The lowest BCUT2D eigenvalue weighted by atomic mass is 10.3. The van der Waals surface area contributed by atoms with Crippen LogP contribution in [-0.2, 0) is 19.6 Å². The molecule has 2 rings (SSSR count). The Balaban J connectivity index is 0.000000254. The Bertz CT molecular complexity index is 723. The van der Waals surface area contributed by atoms with Crippen molar-refractivity contribution in [1.82, 2.24) is 5.16 Å². The Morgan fingerprint density at radius 2 is 2.00 bits per heavy atom. The molecule has 0 saturated carbocycles. The molecule has 2 N–H and O–H groups in total. The molecular weight excluding hydrogens is 356 g/mol. The number of aromatic nitrogens is 1. The average molecular weight is 378 g/mol. The van der Waals surface area contributed by atoms with E-state index in [2.05, 4.69) is 10.5 Å². The van der Waals surface area contributed by atoms with E-state index in [-0.39, 0.29) is 4.21 Å². The van der Waals surface area contributed by atoms with Gasteiger partial charge in [-0.25, -0.2) is 0 Å². The highest BCUT2D eigenvalue weighted by Crippen LogP contribution is 2.19. The lowest BCUT2D eigenvalue weighted by Crippen LogP contribution is -2.10. The van der Waals surface area contributed by atoms with Gasteiger partial charge < -0.3 is 19.3 Å². The van der Waals surface area contributed by atoms with E-state index in [4.69, 9.17) is 18.5 Å². The van der Waals surface area contributed by atoms with Crippen LogP contribution in [0.3, 0.4) is 0 Å². The number of rotatable bonds is 7. The van der Waals surface area contributed by atoms with E-state index in [1.54, 1.807) is 20.1 Å². The topological polar surface area (TPSA) is 111 Å². The highest BCUT2D eigenvalue weighted by Gasteiger charge is 2.10. The van der Waals surface area contributed by atoms with Crippen LogP contribution in [-0.4, -0.2) is 45.2 Å². The molecule has 0 radical (unpaired) electrons. The van der Waals surface area contributed by atoms with Gasteiger partial charge in [-0.2, -0.15) is 8.42 Å². The smallest absolute Gasteiger partial charge is 0.304 e. The molecule has 0 saturated heterocycles. The number of methoxy groups -OCH3 is 1. The summed E-state index contributed by atoms with van der Waals surface area (Å²) in [6.45, 7) is 7.18. The van der Waals surface area contributed by atoms with Gasteiger partial charge in [-0.05, 0) is 32.9 Å². The van der Waals surface area contributed by atoms with Crippen LogP contribution >= 0.6 is 11.3 Å². The van der Waals surface area contributed by atoms with E-state index in [0.717, 1.165) is 33.4 Å². The monoisotopic (exact) mass is 378 g/mol. The van der Waals surface area contributed by atoms with E-state index in [1.807, 2.05) is 13.8 Å². The van der Waals surface area contributed by atoms with Crippen molar-refractivity contribution >= 4 is 27.3 Å². The van der Waals surface area contributed by atoms with Crippen molar-refractivity contribution in [2.75, 3.05) is 32.4 Å². The Labute approximate surface area is 145 Å². The van der Waals surface area contributed by atoms with E-state index < -0.39 is 10.1 Å². The second kappa shape index (κ2) is 9.74.